The molecule has 3 heteroatoms. The Morgan fingerprint density at radius 3 is 2.44 bits per heavy atom. The predicted octanol–water partition coefficient (Wildman–Crippen LogP) is 2.48. The van der Waals surface area contributed by atoms with Crippen LogP contribution in [-0.4, -0.2) is 24.5 Å². The summed E-state index contributed by atoms with van der Waals surface area (Å²) in [6.45, 7) is 0.822. The Morgan fingerprint density at radius 2 is 1.83 bits per heavy atom. The fourth-order valence-corrected chi connectivity index (χ4v) is 2.55. The number of methoxy groups -OCH3 is 1. The third-order valence-electron chi connectivity index (χ3n) is 3.71. The quantitative estimate of drug-likeness (QED) is 0.788. The zero-order valence-electron chi connectivity index (χ0n) is 11.1. The molecule has 1 aliphatic rings. The molecule has 2 rings (SSSR count). The van der Waals surface area contributed by atoms with Crippen molar-refractivity contribution in [2.45, 2.75) is 44.2 Å². The van der Waals surface area contributed by atoms with E-state index in [-0.39, 0.29) is 0 Å². The molecule has 0 atom stereocenters. The first kappa shape index (κ1) is 13.4. The van der Waals surface area contributed by atoms with Gasteiger partial charge in [0, 0.05) is 6.54 Å². The van der Waals surface area contributed by atoms with Crippen LogP contribution in [0.15, 0.2) is 24.3 Å². The predicted molar refractivity (Wildman–Crippen MR) is 72.7 cm³/mol. The lowest BCUT2D eigenvalue weighted by Crippen LogP contribution is -2.47. The fraction of sp³-hybridized carbons (Fsp3) is 0.600. The van der Waals surface area contributed by atoms with Gasteiger partial charge in [-0.2, -0.15) is 0 Å². The van der Waals surface area contributed by atoms with E-state index in [2.05, 4.69) is 17.4 Å². The molecular weight excluding hydrogens is 226 g/mol. The smallest absolute Gasteiger partial charge is 0.118 e. The fourth-order valence-electron chi connectivity index (χ4n) is 2.55. The SMILES string of the molecule is COc1ccc(CCNC2(O)CCCCC2)cc1. The highest BCUT2D eigenvalue weighted by Gasteiger charge is 2.27. The molecule has 0 aliphatic heterocycles. The van der Waals surface area contributed by atoms with Gasteiger partial charge in [-0.3, -0.25) is 5.32 Å². The van der Waals surface area contributed by atoms with Gasteiger partial charge < -0.3 is 9.84 Å². The monoisotopic (exact) mass is 249 g/mol. The zero-order chi connectivity index (χ0) is 12.8. The Labute approximate surface area is 109 Å². The Morgan fingerprint density at radius 1 is 1.17 bits per heavy atom. The van der Waals surface area contributed by atoms with E-state index in [1.165, 1.54) is 12.0 Å². The van der Waals surface area contributed by atoms with Crippen molar-refractivity contribution >= 4 is 0 Å². The first-order valence-corrected chi connectivity index (χ1v) is 6.82. The molecular formula is C15H23NO2. The third-order valence-corrected chi connectivity index (χ3v) is 3.71. The lowest BCUT2D eigenvalue weighted by atomic mass is 9.91. The molecule has 0 unspecified atom stereocenters. The average molecular weight is 249 g/mol. The number of benzene rings is 1. The molecule has 1 aromatic carbocycles. The van der Waals surface area contributed by atoms with Crippen LogP contribution < -0.4 is 10.1 Å². The van der Waals surface area contributed by atoms with E-state index in [9.17, 15) is 5.11 Å². The Hall–Kier alpha value is -1.06. The van der Waals surface area contributed by atoms with Gasteiger partial charge in [-0.1, -0.05) is 18.6 Å². The summed E-state index contributed by atoms with van der Waals surface area (Å²) in [5, 5.41) is 13.6. The average Bonchev–Trinajstić information content (AvgIpc) is 2.40. The van der Waals surface area contributed by atoms with Crippen LogP contribution in [0.4, 0.5) is 0 Å². The molecule has 0 radical (unpaired) electrons. The van der Waals surface area contributed by atoms with Crippen molar-refractivity contribution in [3.63, 3.8) is 0 Å². The highest BCUT2D eigenvalue weighted by molar-refractivity contribution is 5.27. The van der Waals surface area contributed by atoms with Crippen LogP contribution in [0.2, 0.25) is 0 Å². The van der Waals surface area contributed by atoms with Gasteiger partial charge in [0.1, 0.15) is 11.5 Å². The van der Waals surface area contributed by atoms with E-state index < -0.39 is 5.72 Å². The number of aliphatic hydroxyl groups is 1. The molecule has 3 nitrogen and oxygen atoms in total. The van der Waals surface area contributed by atoms with Gasteiger partial charge in [0.05, 0.1) is 7.11 Å². The maximum atomic E-state index is 10.3. The first-order valence-electron chi connectivity index (χ1n) is 6.82. The Bertz CT molecular complexity index is 355. The zero-order valence-corrected chi connectivity index (χ0v) is 11.1. The van der Waals surface area contributed by atoms with E-state index >= 15 is 0 Å². The molecule has 100 valence electrons. The summed E-state index contributed by atoms with van der Waals surface area (Å²) in [6, 6.07) is 8.10. The van der Waals surface area contributed by atoms with Crippen molar-refractivity contribution < 1.29 is 9.84 Å². The lowest BCUT2D eigenvalue weighted by molar-refractivity contribution is -0.0272. The van der Waals surface area contributed by atoms with E-state index in [1.807, 2.05) is 12.1 Å². The van der Waals surface area contributed by atoms with Crippen molar-refractivity contribution in [1.82, 2.24) is 5.32 Å². The molecule has 18 heavy (non-hydrogen) atoms. The summed E-state index contributed by atoms with van der Waals surface area (Å²) in [4.78, 5) is 0. The normalized spacial score (nSPS) is 18.6. The molecule has 2 N–H and O–H groups in total. The molecule has 1 aliphatic carbocycles. The van der Waals surface area contributed by atoms with Gasteiger partial charge in [-0.15, -0.1) is 0 Å². The first-order chi connectivity index (χ1) is 8.72. The van der Waals surface area contributed by atoms with Crippen molar-refractivity contribution in [3.8, 4) is 5.75 Å². The van der Waals surface area contributed by atoms with Crippen molar-refractivity contribution in [2.75, 3.05) is 13.7 Å². The lowest BCUT2D eigenvalue weighted by Gasteiger charge is -2.33. The van der Waals surface area contributed by atoms with E-state index in [4.69, 9.17) is 4.74 Å². The van der Waals surface area contributed by atoms with Gasteiger partial charge in [0.15, 0.2) is 0 Å². The minimum Gasteiger partial charge on any atom is -0.497 e. The summed E-state index contributed by atoms with van der Waals surface area (Å²) in [6.07, 6.45) is 6.22. The molecule has 1 aromatic rings. The summed E-state index contributed by atoms with van der Waals surface area (Å²) in [5.74, 6) is 0.887. The minimum absolute atomic E-state index is 0.620. The largest absolute Gasteiger partial charge is 0.497 e. The van der Waals surface area contributed by atoms with Crippen LogP contribution in [0.1, 0.15) is 37.7 Å². The van der Waals surface area contributed by atoms with Crippen molar-refractivity contribution in [3.05, 3.63) is 29.8 Å². The van der Waals surface area contributed by atoms with Gasteiger partial charge in [0.2, 0.25) is 0 Å². The molecule has 0 spiro atoms. The van der Waals surface area contributed by atoms with Crippen LogP contribution in [0.3, 0.4) is 0 Å². The van der Waals surface area contributed by atoms with Crippen LogP contribution >= 0.6 is 0 Å². The number of hydrogen-bond donors (Lipinski definition) is 2. The highest BCUT2D eigenvalue weighted by atomic mass is 16.5. The van der Waals surface area contributed by atoms with E-state index in [0.717, 1.165) is 44.4 Å². The van der Waals surface area contributed by atoms with Gasteiger partial charge in [0.25, 0.3) is 0 Å². The second kappa shape index (κ2) is 6.21. The molecule has 0 heterocycles. The van der Waals surface area contributed by atoms with Gasteiger partial charge in [-0.05, 0) is 49.8 Å². The summed E-state index contributed by atoms with van der Waals surface area (Å²) >= 11 is 0. The third kappa shape index (κ3) is 3.72. The van der Waals surface area contributed by atoms with E-state index in [0.29, 0.717) is 0 Å². The summed E-state index contributed by atoms with van der Waals surface area (Å²) in [7, 11) is 1.68. The number of ether oxygens (including phenoxy) is 1. The maximum absolute atomic E-state index is 10.3. The molecule has 0 bridgehead atoms. The second-order valence-electron chi connectivity index (χ2n) is 5.12. The molecule has 1 fully saturated rings. The summed E-state index contributed by atoms with van der Waals surface area (Å²) < 4.78 is 5.13. The summed E-state index contributed by atoms with van der Waals surface area (Å²) in [5.41, 5.74) is 0.646. The molecule has 0 aromatic heterocycles. The van der Waals surface area contributed by atoms with Crippen LogP contribution in [0, 0.1) is 0 Å². The number of nitrogens with one attached hydrogen (secondary N) is 1. The molecule has 0 amide bonds. The van der Waals surface area contributed by atoms with E-state index in [1.54, 1.807) is 7.11 Å². The standard InChI is InChI=1S/C15H23NO2/c1-18-14-7-5-13(6-8-14)9-12-16-15(17)10-3-2-4-11-15/h5-8,16-17H,2-4,9-12H2,1H3. The minimum atomic E-state index is -0.620. The van der Waals surface area contributed by atoms with Crippen LogP contribution in [0.25, 0.3) is 0 Å². The van der Waals surface area contributed by atoms with Crippen LogP contribution in [0.5, 0.6) is 5.75 Å². The number of hydrogen-bond acceptors (Lipinski definition) is 3. The van der Waals surface area contributed by atoms with Crippen molar-refractivity contribution in [2.24, 2.45) is 0 Å². The topological polar surface area (TPSA) is 41.5 Å². The van der Waals surface area contributed by atoms with Gasteiger partial charge >= 0.3 is 0 Å². The van der Waals surface area contributed by atoms with Crippen molar-refractivity contribution in [1.29, 1.82) is 0 Å². The highest BCUT2D eigenvalue weighted by Crippen LogP contribution is 2.25. The second-order valence-corrected chi connectivity index (χ2v) is 5.12. The molecule has 0 saturated heterocycles. The Balaban J connectivity index is 1.77. The maximum Gasteiger partial charge on any atom is 0.118 e. The van der Waals surface area contributed by atoms with Gasteiger partial charge in [-0.25, -0.2) is 0 Å². The number of rotatable bonds is 5. The molecule has 1 saturated carbocycles. The van der Waals surface area contributed by atoms with Crippen LogP contribution in [-0.2, 0) is 6.42 Å². The Kier molecular flexibility index (Phi) is 4.61.